The van der Waals surface area contributed by atoms with Crippen LogP contribution in [0, 0.1) is 5.92 Å². The maximum Gasteiger partial charge on any atom is 0.0163 e. The Morgan fingerprint density at radius 2 is 2.27 bits per heavy atom. The van der Waals surface area contributed by atoms with Gasteiger partial charge in [0, 0.05) is 26.2 Å². The van der Waals surface area contributed by atoms with E-state index in [1.807, 2.05) is 7.05 Å². The van der Waals surface area contributed by atoms with E-state index in [9.17, 15) is 0 Å². The lowest BCUT2D eigenvalue weighted by Crippen LogP contribution is -2.50. The molecule has 1 fully saturated rings. The average molecular weight is 154 g/mol. The zero-order valence-electron chi connectivity index (χ0n) is 7.51. The van der Waals surface area contributed by atoms with E-state index in [0.29, 0.717) is 0 Å². The zero-order valence-corrected chi connectivity index (χ0v) is 7.51. The predicted molar refractivity (Wildman–Crippen MR) is 48.7 cm³/mol. The molecule has 0 aromatic heterocycles. The Bertz CT molecular complexity index is 126. The molecule has 0 amide bonds. The summed E-state index contributed by atoms with van der Waals surface area (Å²) >= 11 is 0. The molecule has 0 saturated carbocycles. The quantitative estimate of drug-likeness (QED) is 0.600. The van der Waals surface area contributed by atoms with Crippen LogP contribution in [0.5, 0.6) is 0 Å². The molecule has 0 unspecified atom stereocenters. The van der Waals surface area contributed by atoms with Crippen LogP contribution in [0.3, 0.4) is 0 Å². The van der Waals surface area contributed by atoms with E-state index >= 15 is 0 Å². The first-order valence-electron chi connectivity index (χ1n) is 4.35. The molecule has 11 heavy (non-hydrogen) atoms. The first-order chi connectivity index (χ1) is 5.36. The molecule has 0 spiro atoms. The van der Waals surface area contributed by atoms with E-state index in [2.05, 4.69) is 29.3 Å². The van der Waals surface area contributed by atoms with Crippen molar-refractivity contribution in [2.24, 2.45) is 5.92 Å². The van der Waals surface area contributed by atoms with Crippen molar-refractivity contribution >= 4 is 0 Å². The second-order valence-electron chi connectivity index (χ2n) is 3.21. The SMILES string of the molecule is C/C=C/CN1CC(CNC)C1. The summed E-state index contributed by atoms with van der Waals surface area (Å²) in [7, 11) is 2.02. The van der Waals surface area contributed by atoms with Crippen molar-refractivity contribution in [3.05, 3.63) is 12.2 Å². The Hall–Kier alpha value is -0.340. The highest BCUT2D eigenvalue weighted by molar-refractivity contribution is 4.88. The Kier molecular flexibility index (Phi) is 3.60. The lowest BCUT2D eigenvalue weighted by atomic mass is 10.0. The molecule has 2 heteroatoms. The van der Waals surface area contributed by atoms with E-state index in [0.717, 1.165) is 12.5 Å². The predicted octanol–water partition coefficient (Wildman–Crippen LogP) is 0.714. The smallest absolute Gasteiger partial charge is 0.0163 e. The van der Waals surface area contributed by atoms with Crippen LogP contribution in [0.15, 0.2) is 12.2 Å². The molecule has 1 saturated heterocycles. The molecule has 0 aromatic carbocycles. The van der Waals surface area contributed by atoms with Crippen LogP contribution in [0.25, 0.3) is 0 Å². The summed E-state index contributed by atoms with van der Waals surface area (Å²) in [5.74, 6) is 0.894. The highest BCUT2D eigenvalue weighted by Crippen LogP contribution is 2.13. The third-order valence-corrected chi connectivity index (χ3v) is 2.12. The molecule has 0 aliphatic carbocycles. The lowest BCUT2D eigenvalue weighted by Gasteiger charge is -2.38. The molecule has 0 atom stereocenters. The Labute approximate surface area is 69.3 Å². The number of hydrogen-bond acceptors (Lipinski definition) is 2. The molecular formula is C9H18N2. The summed E-state index contributed by atoms with van der Waals surface area (Å²) in [6, 6.07) is 0. The molecule has 1 N–H and O–H groups in total. The number of rotatable bonds is 4. The first-order valence-corrected chi connectivity index (χ1v) is 4.35. The van der Waals surface area contributed by atoms with Crippen molar-refractivity contribution in [2.45, 2.75) is 6.92 Å². The van der Waals surface area contributed by atoms with Crippen LogP contribution >= 0.6 is 0 Å². The van der Waals surface area contributed by atoms with Crippen molar-refractivity contribution < 1.29 is 0 Å². The van der Waals surface area contributed by atoms with Gasteiger partial charge in [-0.15, -0.1) is 0 Å². The maximum atomic E-state index is 3.20. The minimum Gasteiger partial charge on any atom is -0.319 e. The van der Waals surface area contributed by atoms with Gasteiger partial charge in [0.15, 0.2) is 0 Å². The molecule has 64 valence electrons. The van der Waals surface area contributed by atoms with Crippen LogP contribution in [-0.2, 0) is 0 Å². The van der Waals surface area contributed by atoms with Crippen LogP contribution in [0.2, 0.25) is 0 Å². The molecular weight excluding hydrogens is 136 g/mol. The molecule has 1 rings (SSSR count). The Morgan fingerprint density at radius 3 is 2.82 bits per heavy atom. The minimum atomic E-state index is 0.894. The summed E-state index contributed by atoms with van der Waals surface area (Å²) < 4.78 is 0. The number of nitrogens with one attached hydrogen (secondary N) is 1. The standard InChI is InChI=1S/C9H18N2/c1-3-4-5-11-7-9(8-11)6-10-2/h3-4,9-10H,5-8H2,1-2H3/b4-3+. The Morgan fingerprint density at radius 1 is 1.55 bits per heavy atom. The topological polar surface area (TPSA) is 15.3 Å². The van der Waals surface area contributed by atoms with E-state index < -0.39 is 0 Å². The molecule has 1 aliphatic rings. The van der Waals surface area contributed by atoms with E-state index in [1.165, 1.54) is 19.6 Å². The Balaban J connectivity index is 2.00. The number of allylic oxidation sites excluding steroid dienone is 1. The minimum absolute atomic E-state index is 0.894. The van der Waals surface area contributed by atoms with Gasteiger partial charge >= 0.3 is 0 Å². The molecule has 1 aliphatic heterocycles. The molecule has 0 radical (unpaired) electrons. The van der Waals surface area contributed by atoms with Gasteiger partial charge in [-0.1, -0.05) is 12.2 Å². The first kappa shape index (κ1) is 8.75. The van der Waals surface area contributed by atoms with E-state index in [-0.39, 0.29) is 0 Å². The van der Waals surface area contributed by atoms with Crippen LogP contribution < -0.4 is 5.32 Å². The fraction of sp³-hybridized carbons (Fsp3) is 0.778. The number of likely N-dealkylation sites (tertiary alicyclic amines) is 1. The van der Waals surface area contributed by atoms with Crippen molar-refractivity contribution in [1.82, 2.24) is 10.2 Å². The monoisotopic (exact) mass is 154 g/mol. The summed E-state index contributed by atoms with van der Waals surface area (Å²) in [6.07, 6.45) is 4.33. The average Bonchev–Trinajstić information content (AvgIpc) is 1.94. The summed E-state index contributed by atoms with van der Waals surface area (Å²) in [5, 5.41) is 3.20. The highest BCUT2D eigenvalue weighted by Gasteiger charge is 2.24. The molecule has 2 nitrogen and oxygen atoms in total. The third kappa shape index (κ3) is 2.64. The molecule has 0 bridgehead atoms. The molecule has 0 aromatic rings. The lowest BCUT2D eigenvalue weighted by molar-refractivity contribution is 0.116. The van der Waals surface area contributed by atoms with Gasteiger partial charge in [-0.05, 0) is 19.9 Å². The van der Waals surface area contributed by atoms with Crippen LogP contribution in [0.1, 0.15) is 6.92 Å². The number of nitrogens with zero attached hydrogens (tertiary/aromatic N) is 1. The summed E-state index contributed by atoms with van der Waals surface area (Å²) in [4.78, 5) is 2.46. The fourth-order valence-corrected chi connectivity index (χ4v) is 1.50. The fourth-order valence-electron chi connectivity index (χ4n) is 1.50. The van der Waals surface area contributed by atoms with E-state index in [1.54, 1.807) is 0 Å². The normalized spacial score (nSPS) is 20.9. The van der Waals surface area contributed by atoms with Gasteiger partial charge in [0.25, 0.3) is 0 Å². The van der Waals surface area contributed by atoms with Crippen molar-refractivity contribution in [3.8, 4) is 0 Å². The van der Waals surface area contributed by atoms with Crippen molar-refractivity contribution in [2.75, 3.05) is 33.2 Å². The largest absolute Gasteiger partial charge is 0.319 e. The van der Waals surface area contributed by atoms with Crippen LogP contribution in [0.4, 0.5) is 0 Å². The van der Waals surface area contributed by atoms with Crippen LogP contribution in [-0.4, -0.2) is 38.1 Å². The van der Waals surface area contributed by atoms with Gasteiger partial charge in [-0.3, -0.25) is 4.90 Å². The summed E-state index contributed by atoms with van der Waals surface area (Å²) in [5.41, 5.74) is 0. The second kappa shape index (κ2) is 4.52. The zero-order chi connectivity index (χ0) is 8.10. The molecule has 1 heterocycles. The van der Waals surface area contributed by atoms with E-state index in [4.69, 9.17) is 0 Å². The van der Waals surface area contributed by atoms with Crippen molar-refractivity contribution in [1.29, 1.82) is 0 Å². The number of hydrogen-bond donors (Lipinski definition) is 1. The van der Waals surface area contributed by atoms with Gasteiger partial charge in [-0.2, -0.15) is 0 Å². The highest BCUT2D eigenvalue weighted by atomic mass is 15.2. The summed E-state index contributed by atoms with van der Waals surface area (Å²) in [6.45, 7) is 6.92. The van der Waals surface area contributed by atoms with Gasteiger partial charge in [0.2, 0.25) is 0 Å². The van der Waals surface area contributed by atoms with Gasteiger partial charge < -0.3 is 5.32 Å². The van der Waals surface area contributed by atoms with Gasteiger partial charge in [0.05, 0.1) is 0 Å². The third-order valence-electron chi connectivity index (χ3n) is 2.12. The maximum absolute atomic E-state index is 3.20. The second-order valence-corrected chi connectivity index (χ2v) is 3.21. The van der Waals surface area contributed by atoms with Gasteiger partial charge in [-0.25, -0.2) is 0 Å². The van der Waals surface area contributed by atoms with Crippen molar-refractivity contribution in [3.63, 3.8) is 0 Å². The van der Waals surface area contributed by atoms with Gasteiger partial charge in [0.1, 0.15) is 0 Å².